The van der Waals surface area contributed by atoms with Crippen molar-refractivity contribution in [2.45, 2.75) is 31.5 Å². The van der Waals surface area contributed by atoms with Gasteiger partial charge >= 0.3 is 12.1 Å². The first-order valence-electron chi connectivity index (χ1n) is 11.4. The Hall–Kier alpha value is -3.63. The number of nitrogens with one attached hydrogen (secondary N) is 2. The molecule has 2 fully saturated rings. The van der Waals surface area contributed by atoms with Gasteiger partial charge in [-0.3, -0.25) is 9.36 Å². The molecule has 0 unspecified atom stereocenters. The van der Waals surface area contributed by atoms with Gasteiger partial charge in [0.15, 0.2) is 0 Å². The molecule has 11 heteroatoms. The SMILES string of the molecule is COC[C@@]12C[C@@H]1N(C(=O)Nc1cn(C(N)=O)c3ccccc13)[C@H](C(=O)NCc1cccc(Cl)c1F)C2. The fourth-order valence-electron chi connectivity index (χ4n) is 5.27. The Bertz CT molecular complexity index is 1380. The number of piperidine rings is 1. The van der Waals surface area contributed by atoms with Gasteiger partial charge in [0.25, 0.3) is 0 Å². The number of nitrogens with zero attached hydrogens (tertiary/aromatic N) is 2. The zero-order chi connectivity index (χ0) is 25.6. The molecule has 36 heavy (non-hydrogen) atoms. The number of urea groups is 1. The number of primary amides is 1. The number of likely N-dealkylation sites (tertiary alicyclic amines) is 1. The number of hydrogen-bond donors (Lipinski definition) is 3. The minimum absolute atomic E-state index is 0.0287. The molecule has 2 aromatic carbocycles. The van der Waals surface area contributed by atoms with Gasteiger partial charge in [-0.2, -0.15) is 0 Å². The Morgan fingerprint density at radius 2 is 1.97 bits per heavy atom. The Morgan fingerprint density at radius 1 is 1.19 bits per heavy atom. The number of carbonyl (C=O) groups excluding carboxylic acids is 3. The van der Waals surface area contributed by atoms with Crippen LogP contribution in [0, 0.1) is 11.2 Å². The third-order valence-corrected chi connectivity index (χ3v) is 7.35. The van der Waals surface area contributed by atoms with Crippen LogP contribution in [0.5, 0.6) is 0 Å². The molecular formula is C25H25ClFN5O4. The summed E-state index contributed by atoms with van der Waals surface area (Å²) in [5.41, 5.74) is 6.39. The molecule has 0 spiro atoms. The summed E-state index contributed by atoms with van der Waals surface area (Å²) in [5.74, 6) is -0.989. The van der Waals surface area contributed by atoms with E-state index >= 15 is 0 Å². The number of fused-ring (bicyclic) bond motifs is 2. The zero-order valence-electron chi connectivity index (χ0n) is 19.5. The summed E-state index contributed by atoms with van der Waals surface area (Å²) in [4.78, 5) is 40.1. The minimum Gasteiger partial charge on any atom is -0.384 e. The van der Waals surface area contributed by atoms with Gasteiger partial charge in [0.2, 0.25) is 5.91 Å². The molecule has 4 amide bonds. The molecule has 0 radical (unpaired) electrons. The van der Waals surface area contributed by atoms with Gasteiger partial charge in [-0.25, -0.2) is 14.0 Å². The van der Waals surface area contributed by atoms with E-state index < -0.39 is 29.8 Å². The van der Waals surface area contributed by atoms with Crippen LogP contribution in [0.25, 0.3) is 10.9 Å². The molecule has 3 atom stereocenters. The Kier molecular flexibility index (Phi) is 6.09. The lowest BCUT2D eigenvalue weighted by Crippen LogP contribution is -2.49. The number of benzene rings is 2. The lowest BCUT2D eigenvalue weighted by atomic mass is 10.00. The number of ether oxygens (including phenoxy) is 1. The number of nitrogens with two attached hydrogens (primary N) is 1. The molecular weight excluding hydrogens is 489 g/mol. The maximum absolute atomic E-state index is 14.3. The van der Waals surface area contributed by atoms with Crippen molar-refractivity contribution in [3.05, 3.63) is 65.1 Å². The van der Waals surface area contributed by atoms with E-state index in [1.807, 2.05) is 0 Å². The average Bonchev–Trinajstić information content (AvgIpc) is 3.26. The van der Waals surface area contributed by atoms with Crippen molar-refractivity contribution in [1.29, 1.82) is 0 Å². The Labute approximate surface area is 211 Å². The fraction of sp³-hybridized carbons (Fsp3) is 0.320. The van der Waals surface area contributed by atoms with Crippen LogP contribution in [0.15, 0.2) is 48.7 Å². The lowest BCUT2D eigenvalue weighted by molar-refractivity contribution is -0.125. The first-order chi connectivity index (χ1) is 17.3. The summed E-state index contributed by atoms with van der Waals surface area (Å²) in [6.45, 7) is 0.348. The second-order valence-electron chi connectivity index (χ2n) is 9.27. The molecule has 0 bridgehead atoms. The zero-order valence-corrected chi connectivity index (χ0v) is 20.2. The highest BCUT2D eigenvalue weighted by Crippen LogP contribution is 2.59. The molecule has 5 rings (SSSR count). The second kappa shape index (κ2) is 9.11. The number of hydrogen-bond acceptors (Lipinski definition) is 4. The van der Waals surface area contributed by atoms with Crippen molar-refractivity contribution in [3.63, 3.8) is 0 Å². The van der Waals surface area contributed by atoms with Crippen LogP contribution >= 0.6 is 11.6 Å². The van der Waals surface area contributed by atoms with Gasteiger partial charge in [-0.15, -0.1) is 0 Å². The second-order valence-corrected chi connectivity index (χ2v) is 9.68. The van der Waals surface area contributed by atoms with Crippen molar-refractivity contribution in [2.75, 3.05) is 19.0 Å². The van der Waals surface area contributed by atoms with Gasteiger partial charge in [-0.1, -0.05) is 41.9 Å². The van der Waals surface area contributed by atoms with Crippen molar-refractivity contribution in [3.8, 4) is 0 Å². The predicted octanol–water partition coefficient (Wildman–Crippen LogP) is 3.69. The third-order valence-electron chi connectivity index (χ3n) is 7.06. The van der Waals surface area contributed by atoms with Gasteiger partial charge < -0.3 is 26.0 Å². The summed E-state index contributed by atoms with van der Waals surface area (Å²) < 4.78 is 20.9. The number of methoxy groups -OCH3 is 1. The lowest BCUT2D eigenvalue weighted by Gasteiger charge is -2.27. The first-order valence-corrected chi connectivity index (χ1v) is 11.8. The standard InChI is InChI=1S/C25H25ClFN5O4/c1-36-13-25-9-19(22(33)29-11-14-5-4-7-16(26)21(14)27)32(20(25)10-25)24(35)30-17-12-31(23(28)34)18-8-3-2-6-15(17)18/h2-8,12,19-20H,9-11,13H2,1H3,(H2,28,34)(H,29,33)(H,30,35)/t19-,20-,25+/m0/s1. The summed E-state index contributed by atoms with van der Waals surface area (Å²) in [5, 5.41) is 6.21. The summed E-state index contributed by atoms with van der Waals surface area (Å²) in [6.07, 6.45) is 2.60. The van der Waals surface area contributed by atoms with E-state index in [4.69, 9.17) is 22.1 Å². The van der Waals surface area contributed by atoms with Gasteiger partial charge in [0.1, 0.15) is 11.9 Å². The first kappa shape index (κ1) is 24.1. The van der Waals surface area contributed by atoms with E-state index in [0.717, 1.165) is 0 Å². The van der Waals surface area contributed by atoms with Crippen LogP contribution in [-0.4, -0.2) is 53.2 Å². The molecule has 1 saturated carbocycles. The highest BCUT2D eigenvalue weighted by molar-refractivity contribution is 6.30. The van der Waals surface area contributed by atoms with Crippen molar-refractivity contribution >= 4 is 46.2 Å². The van der Waals surface area contributed by atoms with Crippen LogP contribution in [0.3, 0.4) is 0 Å². The molecule has 1 aromatic heterocycles. The van der Waals surface area contributed by atoms with E-state index in [1.54, 1.807) is 43.5 Å². The maximum Gasteiger partial charge on any atom is 0.323 e. The molecule has 2 aliphatic rings. The summed E-state index contributed by atoms with van der Waals surface area (Å²) >= 11 is 5.85. The van der Waals surface area contributed by atoms with Crippen LogP contribution in [-0.2, 0) is 16.1 Å². The number of aromatic nitrogens is 1. The topological polar surface area (TPSA) is 119 Å². The summed E-state index contributed by atoms with van der Waals surface area (Å²) in [6, 6.07) is 9.51. The Balaban J connectivity index is 1.38. The molecule has 2 heterocycles. The van der Waals surface area contributed by atoms with E-state index in [1.165, 1.54) is 21.7 Å². The van der Waals surface area contributed by atoms with Gasteiger partial charge in [0.05, 0.1) is 22.8 Å². The van der Waals surface area contributed by atoms with Crippen molar-refractivity contribution < 1.29 is 23.5 Å². The number of anilines is 1. The van der Waals surface area contributed by atoms with Crippen LogP contribution in [0.4, 0.5) is 19.7 Å². The number of rotatable bonds is 6. The van der Waals surface area contributed by atoms with Gasteiger partial charge in [-0.05, 0) is 25.0 Å². The number of para-hydroxylation sites is 1. The molecule has 1 saturated heterocycles. The summed E-state index contributed by atoms with van der Waals surface area (Å²) in [7, 11) is 1.59. The number of carbonyl (C=O) groups is 3. The van der Waals surface area contributed by atoms with E-state index in [9.17, 15) is 18.8 Å². The third kappa shape index (κ3) is 4.06. The van der Waals surface area contributed by atoms with Crippen molar-refractivity contribution in [2.24, 2.45) is 11.1 Å². The smallest absolute Gasteiger partial charge is 0.323 e. The van der Waals surface area contributed by atoms with Crippen LogP contribution in [0.2, 0.25) is 5.02 Å². The van der Waals surface area contributed by atoms with E-state index in [2.05, 4.69) is 10.6 Å². The quantitative estimate of drug-likeness (QED) is 0.465. The molecule has 1 aliphatic heterocycles. The van der Waals surface area contributed by atoms with Crippen LogP contribution < -0.4 is 16.4 Å². The molecule has 3 aromatic rings. The van der Waals surface area contributed by atoms with E-state index in [-0.39, 0.29) is 28.6 Å². The minimum atomic E-state index is -0.773. The van der Waals surface area contributed by atoms with Crippen molar-refractivity contribution in [1.82, 2.24) is 14.8 Å². The average molecular weight is 514 g/mol. The predicted molar refractivity (Wildman–Crippen MR) is 132 cm³/mol. The highest BCUT2D eigenvalue weighted by atomic mass is 35.5. The molecule has 9 nitrogen and oxygen atoms in total. The largest absolute Gasteiger partial charge is 0.384 e. The normalized spacial score (nSPS) is 22.4. The molecule has 188 valence electrons. The van der Waals surface area contributed by atoms with Crippen LogP contribution in [0.1, 0.15) is 18.4 Å². The number of amides is 4. The number of halogens is 2. The van der Waals surface area contributed by atoms with E-state index in [0.29, 0.717) is 36.0 Å². The fourth-order valence-corrected chi connectivity index (χ4v) is 5.46. The maximum atomic E-state index is 14.3. The molecule has 1 aliphatic carbocycles. The highest BCUT2D eigenvalue weighted by Gasteiger charge is 2.67. The molecule has 4 N–H and O–H groups in total. The monoisotopic (exact) mass is 513 g/mol. The van der Waals surface area contributed by atoms with Gasteiger partial charge in [0, 0.05) is 42.3 Å². The Morgan fingerprint density at radius 3 is 2.72 bits per heavy atom.